The molecule has 3 aromatic rings. The molecule has 0 unspecified atom stereocenters. The predicted octanol–water partition coefficient (Wildman–Crippen LogP) is 4.24. The molecule has 0 bridgehead atoms. The Labute approximate surface area is 158 Å². The monoisotopic (exact) mass is 388 g/mol. The molecule has 1 heterocycles. The maximum Gasteiger partial charge on any atom is 0.361 e. The fourth-order valence-corrected chi connectivity index (χ4v) is 2.44. The maximum atomic E-state index is 13.1. The number of ether oxygens (including phenoxy) is 1. The highest BCUT2D eigenvalue weighted by Gasteiger charge is 2.20. The van der Waals surface area contributed by atoms with E-state index in [2.05, 4.69) is 10.3 Å². The van der Waals surface area contributed by atoms with Crippen molar-refractivity contribution in [2.24, 2.45) is 0 Å². The van der Waals surface area contributed by atoms with E-state index in [1.165, 1.54) is 12.1 Å². The molecule has 0 aliphatic heterocycles. The van der Waals surface area contributed by atoms with Crippen molar-refractivity contribution in [3.05, 3.63) is 70.8 Å². The Morgan fingerprint density at radius 2 is 1.96 bits per heavy atom. The minimum atomic E-state index is -0.786. The van der Waals surface area contributed by atoms with Crippen LogP contribution in [0.3, 0.4) is 0 Å². The second-order valence-electron chi connectivity index (χ2n) is 5.54. The molecule has 0 aliphatic carbocycles. The van der Waals surface area contributed by atoms with Gasteiger partial charge in [-0.3, -0.25) is 4.79 Å². The second-order valence-corrected chi connectivity index (χ2v) is 5.95. The van der Waals surface area contributed by atoms with Gasteiger partial charge in [-0.1, -0.05) is 29.8 Å². The molecular weight excluding hydrogens is 375 g/mol. The number of carbonyl (C=O) groups is 2. The summed E-state index contributed by atoms with van der Waals surface area (Å²) < 4.78 is 23.6. The SMILES string of the molecule is Cc1oc(-c2ccccc2)nc1C(=O)OCC(=O)Nc1ccc(F)c(Cl)c1. The minimum Gasteiger partial charge on any atom is -0.451 e. The molecule has 27 heavy (non-hydrogen) atoms. The molecule has 1 N–H and O–H groups in total. The van der Waals surface area contributed by atoms with Gasteiger partial charge in [0.2, 0.25) is 5.89 Å². The van der Waals surface area contributed by atoms with Gasteiger partial charge in [0.1, 0.15) is 11.6 Å². The number of benzene rings is 2. The van der Waals surface area contributed by atoms with E-state index in [9.17, 15) is 14.0 Å². The zero-order valence-electron chi connectivity index (χ0n) is 14.2. The van der Waals surface area contributed by atoms with Crippen molar-refractivity contribution in [1.82, 2.24) is 4.98 Å². The number of anilines is 1. The number of aryl methyl sites for hydroxylation is 1. The predicted molar refractivity (Wildman–Crippen MR) is 97.0 cm³/mol. The first-order chi connectivity index (χ1) is 12.9. The van der Waals surface area contributed by atoms with E-state index in [1.807, 2.05) is 18.2 Å². The van der Waals surface area contributed by atoms with Crippen molar-refractivity contribution in [2.75, 3.05) is 11.9 Å². The first-order valence-electron chi connectivity index (χ1n) is 7.89. The van der Waals surface area contributed by atoms with Gasteiger partial charge in [0, 0.05) is 11.3 Å². The van der Waals surface area contributed by atoms with E-state index in [-0.39, 0.29) is 28.1 Å². The second kappa shape index (κ2) is 8.01. The molecule has 0 saturated carbocycles. The zero-order valence-corrected chi connectivity index (χ0v) is 14.9. The summed E-state index contributed by atoms with van der Waals surface area (Å²) in [6.45, 7) is 1.04. The molecule has 8 heteroatoms. The number of nitrogens with one attached hydrogen (secondary N) is 1. The van der Waals surface area contributed by atoms with E-state index >= 15 is 0 Å². The minimum absolute atomic E-state index is 0.00789. The lowest BCUT2D eigenvalue weighted by molar-refractivity contribution is -0.119. The van der Waals surface area contributed by atoms with E-state index in [1.54, 1.807) is 19.1 Å². The number of hydrogen-bond donors (Lipinski definition) is 1. The van der Waals surface area contributed by atoms with Crippen molar-refractivity contribution in [1.29, 1.82) is 0 Å². The van der Waals surface area contributed by atoms with Crippen molar-refractivity contribution in [3.63, 3.8) is 0 Å². The molecule has 2 aromatic carbocycles. The molecule has 0 saturated heterocycles. The van der Waals surface area contributed by atoms with Gasteiger partial charge in [-0.15, -0.1) is 0 Å². The number of amides is 1. The lowest BCUT2D eigenvalue weighted by atomic mass is 10.2. The maximum absolute atomic E-state index is 13.1. The van der Waals surface area contributed by atoms with Crippen LogP contribution < -0.4 is 5.32 Å². The van der Waals surface area contributed by atoms with E-state index in [0.717, 1.165) is 6.07 Å². The van der Waals surface area contributed by atoms with Gasteiger partial charge in [0.15, 0.2) is 12.3 Å². The zero-order chi connectivity index (χ0) is 19.4. The number of esters is 1. The Balaban J connectivity index is 1.61. The van der Waals surface area contributed by atoms with Crippen LogP contribution in [0.25, 0.3) is 11.5 Å². The van der Waals surface area contributed by atoms with Gasteiger partial charge in [-0.05, 0) is 37.3 Å². The molecule has 1 aromatic heterocycles. The van der Waals surface area contributed by atoms with Gasteiger partial charge < -0.3 is 14.5 Å². The van der Waals surface area contributed by atoms with Crippen LogP contribution in [-0.2, 0) is 9.53 Å². The number of nitrogens with zero attached hydrogens (tertiary/aromatic N) is 1. The van der Waals surface area contributed by atoms with Crippen LogP contribution >= 0.6 is 11.6 Å². The highest BCUT2D eigenvalue weighted by molar-refractivity contribution is 6.31. The molecule has 0 spiro atoms. The van der Waals surface area contributed by atoms with Crippen molar-refractivity contribution in [3.8, 4) is 11.5 Å². The fourth-order valence-electron chi connectivity index (χ4n) is 2.26. The average molecular weight is 389 g/mol. The van der Waals surface area contributed by atoms with E-state index in [4.69, 9.17) is 20.8 Å². The Kier molecular flexibility index (Phi) is 5.52. The highest BCUT2D eigenvalue weighted by atomic mass is 35.5. The van der Waals surface area contributed by atoms with Crippen molar-refractivity contribution < 1.29 is 23.1 Å². The van der Waals surface area contributed by atoms with Crippen LogP contribution in [0.15, 0.2) is 52.9 Å². The third-order valence-corrected chi connectivity index (χ3v) is 3.84. The van der Waals surface area contributed by atoms with Gasteiger partial charge in [0.05, 0.1) is 5.02 Å². The summed E-state index contributed by atoms with van der Waals surface area (Å²) >= 11 is 5.64. The summed E-state index contributed by atoms with van der Waals surface area (Å²) in [5, 5.41) is 2.32. The molecule has 138 valence electrons. The van der Waals surface area contributed by atoms with E-state index in [0.29, 0.717) is 5.56 Å². The largest absolute Gasteiger partial charge is 0.451 e. The fraction of sp³-hybridized carbons (Fsp3) is 0.105. The molecule has 0 fully saturated rings. The van der Waals surface area contributed by atoms with Gasteiger partial charge in [0.25, 0.3) is 5.91 Å². The average Bonchev–Trinajstić information content (AvgIpc) is 3.05. The third-order valence-electron chi connectivity index (χ3n) is 3.55. The number of oxazole rings is 1. The summed E-state index contributed by atoms with van der Waals surface area (Å²) in [5.74, 6) is -1.42. The Bertz CT molecular complexity index is 989. The number of hydrogen-bond acceptors (Lipinski definition) is 5. The molecule has 1 amide bonds. The smallest absolute Gasteiger partial charge is 0.361 e. The molecule has 3 rings (SSSR count). The first-order valence-corrected chi connectivity index (χ1v) is 8.26. The van der Waals surface area contributed by atoms with Crippen LogP contribution in [-0.4, -0.2) is 23.5 Å². The lowest BCUT2D eigenvalue weighted by Gasteiger charge is -2.06. The number of aromatic nitrogens is 1. The molecule has 0 atom stereocenters. The first kappa shape index (κ1) is 18.6. The quantitative estimate of drug-likeness (QED) is 0.661. The van der Waals surface area contributed by atoms with Gasteiger partial charge in [-0.25, -0.2) is 14.2 Å². The number of carbonyl (C=O) groups excluding carboxylic acids is 2. The summed E-state index contributed by atoms with van der Waals surface area (Å²) in [6.07, 6.45) is 0. The normalized spacial score (nSPS) is 10.5. The van der Waals surface area contributed by atoms with Crippen molar-refractivity contribution in [2.45, 2.75) is 6.92 Å². The highest BCUT2D eigenvalue weighted by Crippen LogP contribution is 2.22. The van der Waals surface area contributed by atoms with Crippen LogP contribution in [0.5, 0.6) is 0 Å². The topological polar surface area (TPSA) is 81.4 Å². The van der Waals surface area contributed by atoms with Crippen LogP contribution in [0, 0.1) is 12.7 Å². The Morgan fingerprint density at radius 3 is 2.67 bits per heavy atom. The summed E-state index contributed by atoms with van der Waals surface area (Å²) in [7, 11) is 0. The Hall–Kier alpha value is -3.19. The van der Waals surface area contributed by atoms with Crippen molar-refractivity contribution >= 4 is 29.2 Å². The number of halogens is 2. The van der Waals surface area contributed by atoms with Crippen LogP contribution in [0.1, 0.15) is 16.2 Å². The van der Waals surface area contributed by atoms with Crippen LogP contribution in [0.4, 0.5) is 10.1 Å². The lowest BCUT2D eigenvalue weighted by Crippen LogP contribution is -2.21. The molecule has 6 nitrogen and oxygen atoms in total. The van der Waals surface area contributed by atoms with E-state index < -0.39 is 24.3 Å². The van der Waals surface area contributed by atoms with Crippen LogP contribution in [0.2, 0.25) is 5.02 Å². The Morgan fingerprint density at radius 1 is 1.22 bits per heavy atom. The standard InChI is InChI=1S/C19H14ClFN2O4/c1-11-17(23-18(27-11)12-5-3-2-4-6-12)19(25)26-10-16(24)22-13-7-8-15(21)14(20)9-13/h2-9H,10H2,1H3,(H,22,24). The summed E-state index contributed by atoms with van der Waals surface area (Å²) in [4.78, 5) is 28.2. The van der Waals surface area contributed by atoms with Gasteiger partial charge in [-0.2, -0.15) is 0 Å². The molecule has 0 aliphatic rings. The molecule has 0 radical (unpaired) electrons. The molecular formula is C19H14ClFN2O4. The number of rotatable bonds is 5. The summed E-state index contributed by atoms with van der Waals surface area (Å²) in [6, 6.07) is 12.8. The third kappa shape index (κ3) is 4.51. The van der Waals surface area contributed by atoms with Gasteiger partial charge >= 0.3 is 5.97 Å². The summed E-state index contributed by atoms with van der Waals surface area (Å²) in [5.41, 5.74) is 0.989.